The van der Waals surface area contributed by atoms with Crippen molar-refractivity contribution in [1.29, 1.82) is 0 Å². The van der Waals surface area contributed by atoms with Crippen molar-refractivity contribution in [3.63, 3.8) is 0 Å². The van der Waals surface area contributed by atoms with Crippen molar-refractivity contribution >= 4 is 11.6 Å². The summed E-state index contributed by atoms with van der Waals surface area (Å²) < 4.78 is 0. The van der Waals surface area contributed by atoms with E-state index in [1.54, 1.807) is 6.08 Å². The maximum atomic E-state index is 12.2. The maximum Gasteiger partial charge on any atom is 0.143 e. The molecule has 0 bridgehead atoms. The van der Waals surface area contributed by atoms with Crippen LogP contribution in [0.25, 0.3) is 0 Å². The smallest absolute Gasteiger partial charge is 0.143 e. The minimum Gasteiger partial charge on any atom is -0.388 e. The molecule has 3 aliphatic rings. The molecule has 0 aliphatic heterocycles. The van der Waals surface area contributed by atoms with Crippen molar-refractivity contribution in [2.45, 2.75) is 26.4 Å². The monoisotopic (exact) mass is 220 g/mol. The van der Waals surface area contributed by atoms with Gasteiger partial charge >= 0.3 is 0 Å². The van der Waals surface area contributed by atoms with E-state index in [9.17, 15) is 14.7 Å². The first-order chi connectivity index (χ1) is 7.44. The molecule has 3 aliphatic carbocycles. The number of fused-ring (bicyclic) bond motifs is 3. The molecule has 0 aromatic rings. The van der Waals surface area contributed by atoms with Crippen LogP contribution >= 0.6 is 0 Å². The highest BCUT2D eigenvalue weighted by Crippen LogP contribution is 2.58. The molecule has 0 saturated heterocycles. The van der Waals surface area contributed by atoms with Crippen LogP contribution in [0, 0.1) is 29.1 Å². The van der Waals surface area contributed by atoms with Gasteiger partial charge in [0.25, 0.3) is 0 Å². The summed E-state index contributed by atoms with van der Waals surface area (Å²) in [6.07, 6.45) is 3.40. The summed E-state index contributed by atoms with van der Waals surface area (Å²) >= 11 is 0. The third kappa shape index (κ3) is 0.975. The number of aliphatic hydroxyl groups is 1. The van der Waals surface area contributed by atoms with Gasteiger partial charge in [-0.2, -0.15) is 0 Å². The topological polar surface area (TPSA) is 54.4 Å². The van der Waals surface area contributed by atoms with Gasteiger partial charge in [-0.1, -0.05) is 26.0 Å². The second-order valence-corrected chi connectivity index (χ2v) is 5.86. The first kappa shape index (κ1) is 10.2. The summed E-state index contributed by atoms with van der Waals surface area (Å²) in [6.45, 7) is 3.88. The molecule has 86 valence electrons. The SMILES string of the molecule is CC1(C)C(=O)C[C@@H]2C(=O)[C@H]3C(O)C=C[C@H]3[C@@H]21. The molecule has 0 aromatic carbocycles. The van der Waals surface area contributed by atoms with Crippen LogP contribution in [0.4, 0.5) is 0 Å². The fourth-order valence-electron chi connectivity index (χ4n) is 3.96. The van der Waals surface area contributed by atoms with Crippen molar-refractivity contribution in [2.75, 3.05) is 0 Å². The number of allylic oxidation sites excluding steroid dienone is 1. The highest BCUT2D eigenvalue weighted by atomic mass is 16.3. The van der Waals surface area contributed by atoms with Gasteiger partial charge in [0, 0.05) is 17.8 Å². The molecule has 5 atom stereocenters. The van der Waals surface area contributed by atoms with Crippen LogP contribution in [0.5, 0.6) is 0 Å². The third-order valence-corrected chi connectivity index (χ3v) is 4.81. The molecule has 3 heteroatoms. The number of hydrogen-bond acceptors (Lipinski definition) is 3. The number of carbonyl (C=O) groups excluding carboxylic acids is 2. The normalized spacial score (nSPS) is 48.6. The van der Waals surface area contributed by atoms with Crippen LogP contribution in [-0.2, 0) is 9.59 Å². The highest BCUT2D eigenvalue weighted by Gasteiger charge is 2.63. The summed E-state index contributed by atoms with van der Waals surface area (Å²) in [5.74, 6) is 0.0647. The fourth-order valence-corrected chi connectivity index (χ4v) is 3.96. The molecule has 1 unspecified atom stereocenters. The lowest BCUT2D eigenvalue weighted by Gasteiger charge is -2.28. The van der Waals surface area contributed by atoms with Crippen LogP contribution in [0.1, 0.15) is 20.3 Å². The summed E-state index contributed by atoms with van der Waals surface area (Å²) in [6, 6.07) is 0. The summed E-state index contributed by atoms with van der Waals surface area (Å²) in [5.41, 5.74) is -0.409. The minimum atomic E-state index is -0.631. The van der Waals surface area contributed by atoms with E-state index in [2.05, 4.69) is 0 Å². The van der Waals surface area contributed by atoms with E-state index >= 15 is 0 Å². The average Bonchev–Trinajstić information content (AvgIpc) is 2.75. The molecule has 1 N–H and O–H groups in total. The second-order valence-electron chi connectivity index (χ2n) is 5.86. The Kier molecular flexibility index (Phi) is 1.81. The molecular formula is C13H16O3. The lowest BCUT2D eigenvalue weighted by Crippen LogP contribution is -2.31. The Hall–Kier alpha value is -0.960. The zero-order chi connectivity index (χ0) is 11.7. The van der Waals surface area contributed by atoms with Crippen LogP contribution < -0.4 is 0 Å². The number of Topliss-reactive ketones (excluding diaryl/α,β-unsaturated/α-hetero) is 2. The number of ketones is 2. The van der Waals surface area contributed by atoms with Gasteiger partial charge < -0.3 is 5.11 Å². The standard InChI is InChI=1S/C13H16O3/c1-13(2)9(15)5-7-11(13)6-3-4-8(14)10(6)12(7)16/h3-4,6-8,10-11,14H,5H2,1-2H3/t6-,7+,8?,10-,11+/m1/s1. The molecule has 2 saturated carbocycles. The van der Waals surface area contributed by atoms with Crippen LogP contribution in [0.15, 0.2) is 12.2 Å². The van der Waals surface area contributed by atoms with Gasteiger partial charge in [-0.15, -0.1) is 0 Å². The van der Waals surface area contributed by atoms with Crippen molar-refractivity contribution < 1.29 is 14.7 Å². The summed E-state index contributed by atoms with van der Waals surface area (Å²) in [4.78, 5) is 24.0. The predicted octanol–water partition coefficient (Wildman–Crippen LogP) is 0.964. The molecule has 0 spiro atoms. The quantitative estimate of drug-likeness (QED) is 0.619. The fraction of sp³-hybridized carbons (Fsp3) is 0.692. The molecule has 3 nitrogen and oxygen atoms in total. The average molecular weight is 220 g/mol. The molecular weight excluding hydrogens is 204 g/mol. The number of hydrogen-bond donors (Lipinski definition) is 1. The molecule has 16 heavy (non-hydrogen) atoms. The zero-order valence-corrected chi connectivity index (χ0v) is 9.51. The lowest BCUT2D eigenvalue weighted by atomic mass is 9.73. The molecule has 3 rings (SSSR count). The van der Waals surface area contributed by atoms with E-state index in [1.807, 2.05) is 19.9 Å². The third-order valence-electron chi connectivity index (χ3n) is 4.81. The maximum absolute atomic E-state index is 12.2. The van der Waals surface area contributed by atoms with E-state index in [4.69, 9.17) is 0 Å². The number of carbonyl (C=O) groups is 2. The predicted molar refractivity (Wildman–Crippen MR) is 57.5 cm³/mol. The molecule has 2 fully saturated rings. The second kappa shape index (κ2) is 2.83. The van der Waals surface area contributed by atoms with Gasteiger partial charge in [-0.3, -0.25) is 9.59 Å². The van der Waals surface area contributed by atoms with Crippen LogP contribution in [0.3, 0.4) is 0 Å². The van der Waals surface area contributed by atoms with Gasteiger partial charge in [0.1, 0.15) is 11.6 Å². The summed E-state index contributed by atoms with van der Waals surface area (Å²) in [5, 5.41) is 9.77. The Morgan fingerprint density at radius 3 is 2.69 bits per heavy atom. The Morgan fingerprint density at radius 2 is 2.00 bits per heavy atom. The Labute approximate surface area is 94.5 Å². The highest BCUT2D eigenvalue weighted by molar-refractivity contribution is 5.98. The Balaban J connectivity index is 2.05. The van der Waals surface area contributed by atoms with Crippen molar-refractivity contribution in [2.24, 2.45) is 29.1 Å². The van der Waals surface area contributed by atoms with Gasteiger partial charge in [0.2, 0.25) is 0 Å². The summed E-state index contributed by atoms with van der Waals surface area (Å²) in [7, 11) is 0. The van der Waals surface area contributed by atoms with Crippen LogP contribution in [-0.4, -0.2) is 22.8 Å². The van der Waals surface area contributed by atoms with Crippen molar-refractivity contribution in [3.8, 4) is 0 Å². The van der Waals surface area contributed by atoms with Gasteiger partial charge in [0.15, 0.2) is 0 Å². The zero-order valence-electron chi connectivity index (χ0n) is 9.51. The molecule has 0 heterocycles. The first-order valence-electron chi connectivity index (χ1n) is 5.88. The number of aliphatic hydroxyl groups excluding tert-OH is 1. The van der Waals surface area contributed by atoms with E-state index in [0.717, 1.165) is 0 Å². The number of rotatable bonds is 0. The van der Waals surface area contributed by atoms with Crippen molar-refractivity contribution in [3.05, 3.63) is 12.2 Å². The van der Waals surface area contributed by atoms with Gasteiger partial charge in [0.05, 0.1) is 12.0 Å². The van der Waals surface area contributed by atoms with E-state index < -0.39 is 11.5 Å². The Morgan fingerprint density at radius 1 is 1.31 bits per heavy atom. The van der Waals surface area contributed by atoms with E-state index in [0.29, 0.717) is 6.42 Å². The Bertz CT molecular complexity index is 407. The van der Waals surface area contributed by atoms with Crippen molar-refractivity contribution in [1.82, 2.24) is 0 Å². The lowest BCUT2D eigenvalue weighted by molar-refractivity contribution is -0.129. The largest absolute Gasteiger partial charge is 0.388 e. The van der Waals surface area contributed by atoms with E-state index in [-0.39, 0.29) is 35.2 Å². The molecule has 0 amide bonds. The molecule has 0 radical (unpaired) electrons. The molecule has 0 aromatic heterocycles. The van der Waals surface area contributed by atoms with Gasteiger partial charge in [-0.05, 0) is 11.8 Å². The van der Waals surface area contributed by atoms with Gasteiger partial charge in [-0.25, -0.2) is 0 Å². The van der Waals surface area contributed by atoms with E-state index in [1.165, 1.54) is 0 Å². The van der Waals surface area contributed by atoms with Crippen LogP contribution in [0.2, 0.25) is 0 Å². The first-order valence-corrected chi connectivity index (χ1v) is 5.88. The minimum absolute atomic E-state index is 0.0777.